The first-order chi connectivity index (χ1) is 11.4. The first kappa shape index (κ1) is 16.4. The van der Waals surface area contributed by atoms with Gasteiger partial charge in [-0.05, 0) is 32.9 Å². The van der Waals surface area contributed by atoms with E-state index in [1.165, 1.54) is 0 Å². The lowest BCUT2D eigenvalue weighted by Crippen LogP contribution is -2.50. The molecule has 1 aromatic heterocycles. The van der Waals surface area contributed by atoms with E-state index in [4.69, 9.17) is 4.74 Å². The molecule has 1 fully saturated rings. The Balaban J connectivity index is 1.59. The third kappa shape index (κ3) is 3.88. The van der Waals surface area contributed by atoms with E-state index in [9.17, 15) is 4.79 Å². The molecule has 0 bridgehead atoms. The summed E-state index contributed by atoms with van der Waals surface area (Å²) in [6.07, 6.45) is 3.66. The smallest absolute Gasteiger partial charge is 0.410 e. The van der Waals surface area contributed by atoms with Crippen LogP contribution in [0.15, 0.2) is 42.7 Å². The van der Waals surface area contributed by atoms with Gasteiger partial charge < -0.3 is 14.5 Å². The highest BCUT2D eigenvalue weighted by Crippen LogP contribution is 2.19. The first-order valence-corrected chi connectivity index (χ1v) is 8.25. The van der Waals surface area contributed by atoms with Crippen molar-refractivity contribution in [2.24, 2.45) is 0 Å². The summed E-state index contributed by atoms with van der Waals surface area (Å²) < 4.78 is 7.30. The highest BCUT2D eigenvalue weighted by atomic mass is 16.6. The van der Waals surface area contributed by atoms with Crippen molar-refractivity contribution >= 4 is 11.8 Å². The van der Waals surface area contributed by atoms with Gasteiger partial charge in [-0.3, -0.25) is 0 Å². The summed E-state index contributed by atoms with van der Waals surface area (Å²) in [5, 5.41) is 4.43. The van der Waals surface area contributed by atoms with Crippen molar-refractivity contribution in [2.75, 3.05) is 31.1 Å². The van der Waals surface area contributed by atoms with Crippen molar-refractivity contribution in [3.05, 3.63) is 42.7 Å². The Morgan fingerprint density at radius 3 is 2.33 bits per heavy atom. The molecule has 0 atom stereocenters. The van der Waals surface area contributed by atoms with E-state index in [-0.39, 0.29) is 6.09 Å². The van der Waals surface area contributed by atoms with Crippen LogP contribution in [0.3, 0.4) is 0 Å². The van der Waals surface area contributed by atoms with E-state index in [0.29, 0.717) is 13.1 Å². The number of carbonyl (C=O) groups excluding carboxylic acids is 1. The van der Waals surface area contributed by atoms with Gasteiger partial charge in [0.2, 0.25) is 0 Å². The van der Waals surface area contributed by atoms with E-state index in [0.717, 1.165) is 24.5 Å². The zero-order valence-corrected chi connectivity index (χ0v) is 14.5. The minimum absolute atomic E-state index is 0.234. The van der Waals surface area contributed by atoms with Gasteiger partial charge >= 0.3 is 6.09 Å². The van der Waals surface area contributed by atoms with Crippen LogP contribution >= 0.6 is 0 Å². The Labute approximate surface area is 142 Å². The summed E-state index contributed by atoms with van der Waals surface area (Å²) in [6.45, 7) is 8.54. The summed E-state index contributed by atoms with van der Waals surface area (Å²) in [5.74, 6) is 0. The highest BCUT2D eigenvalue weighted by Gasteiger charge is 2.26. The molecular weight excluding hydrogens is 304 g/mol. The maximum Gasteiger partial charge on any atom is 0.410 e. The van der Waals surface area contributed by atoms with Crippen molar-refractivity contribution in [3.63, 3.8) is 0 Å². The second-order valence-electron chi connectivity index (χ2n) is 6.93. The first-order valence-electron chi connectivity index (χ1n) is 8.25. The number of ether oxygens (including phenoxy) is 1. The Hall–Kier alpha value is -2.50. The van der Waals surface area contributed by atoms with Crippen LogP contribution < -0.4 is 4.90 Å². The van der Waals surface area contributed by atoms with Crippen LogP contribution in [-0.4, -0.2) is 52.6 Å². The van der Waals surface area contributed by atoms with Crippen molar-refractivity contribution in [1.29, 1.82) is 0 Å². The quantitative estimate of drug-likeness (QED) is 0.850. The number of para-hydroxylation sites is 1. The summed E-state index contributed by atoms with van der Waals surface area (Å²) in [5.41, 5.74) is 1.66. The van der Waals surface area contributed by atoms with Gasteiger partial charge in [0.15, 0.2) is 0 Å². The molecule has 2 heterocycles. The Bertz CT molecular complexity index is 683. The third-order valence-corrected chi connectivity index (χ3v) is 3.89. The number of aromatic nitrogens is 2. The van der Waals surface area contributed by atoms with Gasteiger partial charge in [0.25, 0.3) is 0 Å². The average molecular weight is 328 g/mol. The van der Waals surface area contributed by atoms with Crippen molar-refractivity contribution < 1.29 is 9.53 Å². The van der Waals surface area contributed by atoms with E-state index in [1.807, 2.05) is 68.2 Å². The predicted molar refractivity (Wildman–Crippen MR) is 93.6 cm³/mol. The predicted octanol–water partition coefficient (Wildman–Crippen LogP) is 2.93. The molecule has 1 aliphatic heterocycles. The SMILES string of the molecule is CC(C)(C)OC(=O)N1CCN(c2cnn(-c3ccccc3)c2)CC1. The van der Waals surface area contributed by atoms with Crippen LogP contribution in [0.5, 0.6) is 0 Å². The zero-order valence-electron chi connectivity index (χ0n) is 14.5. The molecule has 24 heavy (non-hydrogen) atoms. The number of piperazine rings is 1. The van der Waals surface area contributed by atoms with Gasteiger partial charge in [0, 0.05) is 26.2 Å². The molecule has 0 radical (unpaired) electrons. The van der Waals surface area contributed by atoms with E-state index in [2.05, 4.69) is 10.00 Å². The topological polar surface area (TPSA) is 50.6 Å². The fourth-order valence-electron chi connectivity index (χ4n) is 2.67. The van der Waals surface area contributed by atoms with Gasteiger partial charge in [-0.25, -0.2) is 9.48 Å². The summed E-state index contributed by atoms with van der Waals surface area (Å²) >= 11 is 0. The number of anilines is 1. The van der Waals surface area contributed by atoms with Crippen LogP contribution in [-0.2, 0) is 4.74 Å². The number of amides is 1. The second-order valence-corrected chi connectivity index (χ2v) is 6.93. The molecule has 0 unspecified atom stereocenters. The Morgan fingerprint density at radius 2 is 1.71 bits per heavy atom. The molecule has 0 saturated carbocycles. The Morgan fingerprint density at radius 1 is 1.04 bits per heavy atom. The molecule has 1 aromatic carbocycles. The average Bonchev–Trinajstić information content (AvgIpc) is 3.04. The molecule has 1 amide bonds. The lowest BCUT2D eigenvalue weighted by Gasteiger charge is -2.36. The third-order valence-electron chi connectivity index (χ3n) is 3.89. The standard InChI is InChI=1S/C18H24N4O2/c1-18(2,3)24-17(23)21-11-9-20(10-12-21)16-13-19-22(14-16)15-7-5-4-6-8-15/h4-8,13-14H,9-12H2,1-3H3. The normalized spacial score (nSPS) is 15.5. The van der Waals surface area contributed by atoms with E-state index < -0.39 is 5.60 Å². The minimum atomic E-state index is -0.453. The molecule has 0 spiro atoms. The molecule has 1 saturated heterocycles. The molecular formula is C18H24N4O2. The summed E-state index contributed by atoms with van der Waals surface area (Å²) in [6, 6.07) is 10.0. The van der Waals surface area contributed by atoms with Crippen molar-refractivity contribution in [3.8, 4) is 5.69 Å². The van der Waals surface area contributed by atoms with E-state index >= 15 is 0 Å². The lowest BCUT2D eigenvalue weighted by molar-refractivity contribution is 0.0240. The molecule has 6 nitrogen and oxygen atoms in total. The van der Waals surface area contributed by atoms with Gasteiger partial charge in [-0.2, -0.15) is 5.10 Å². The number of benzene rings is 1. The minimum Gasteiger partial charge on any atom is -0.444 e. The molecule has 6 heteroatoms. The molecule has 0 N–H and O–H groups in total. The largest absolute Gasteiger partial charge is 0.444 e. The molecule has 0 aliphatic carbocycles. The van der Waals surface area contributed by atoms with Gasteiger partial charge in [-0.1, -0.05) is 18.2 Å². The van der Waals surface area contributed by atoms with Gasteiger partial charge in [0.1, 0.15) is 5.60 Å². The Kier molecular flexibility index (Phi) is 4.46. The van der Waals surface area contributed by atoms with Crippen LogP contribution in [0.1, 0.15) is 20.8 Å². The maximum absolute atomic E-state index is 12.1. The van der Waals surface area contributed by atoms with Crippen molar-refractivity contribution in [1.82, 2.24) is 14.7 Å². The fourth-order valence-corrected chi connectivity index (χ4v) is 2.67. The number of carbonyl (C=O) groups is 1. The summed E-state index contributed by atoms with van der Waals surface area (Å²) in [4.78, 5) is 16.1. The number of rotatable bonds is 2. The fraction of sp³-hybridized carbons (Fsp3) is 0.444. The van der Waals surface area contributed by atoms with E-state index in [1.54, 1.807) is 4.90 Å². The lowest BCUT2D eigenvalue weighted by atomic mass is 10.2. The molecule has 3 rings (SSSR count). The van der Waals surface area contributed by atoms with Crippen LogP contribution in [0.25, 0.3) is 5.69 Å². The molecule has 1 aliphatic rings. The number of hydrogen-bond acceptors (Lipinski definition) is 4. The number of nitrogens with zero attached hydrogens (tertiary/aromatic N) is 4. The monoisotopic (exact) mass is 328 g/mol. The van der Waals surface area contributed by atoms with Crippen LogP contribution in [0.4, 0.5) is 10.5 Å². The van der Waals surface area contributed by atoms with Crippen LogP contribution in [0, 0.1) is 0 Å². The maximum atomic E-state index is 12.1. The highest BCUT2D eigenvalue weighted by molar-refractivity contribution is 5.68. The van der Waals surface area contributed by atoms with Gasteiger partial charge in [0.05, 0.1) is 23.8 Å². The van der Waals surface area contributed by atoms with Crippen LogP contribution in [0.2, 0.25) is 0 Å². The van der Waals surface area contributed by atoms with Gasteiger partial charge in [-0.15, -0.1) is 0 Å². The second kappa shape index (κ2) is 6.55. The molecule has 128 valence electrons. The number of hydrogen-bond donors (Lipinski definition) is 0. The van der Waals surface area contributed by atoms with Crippen molar-refractivity contribution in [2.45, 2.75) is 26.4 Å². The molecule has 2 aromatic rings. The zero-order chi connectivity index (χ0) is 17.2. The summed E-state index contributed by atoms with van der Waals surface area (Å²) in [7, 11) is 0.